The number of ether oxygens (including phenoxy) is 1. The molecule has 4 nitrogen and oxygen atoms in total. The fourth-order valence-electron chi connectivity index (χ4n) is 0.958. The van der Waals surface area contributed by atoms with E-state index in [-0.39, 0.29) is 0 Å². The van der Waals surface area contributed by atoms with Crippen LogP contribution in [0, 0.1) is 0 Å². The van der Waals surface area contributed by atoms with Crippen molar-refractivity contribution in [3.8, 4) is 0 Å². The molecular weight excluding hydrogens is 182 g/mol. The number of carbonyl (C=O) groups is 1. The maximum absolute atomic E-state index is 10.6. The Morgan fingerprint density at radius 2 is 2.29 bits per heavy atom. The Morgan fingerprint density at radius 1 is 1.64 bits per heavy atom. The molecule has 0 rings (SSSR count). The van der Waals surface area contributed by atoms with Gasteiger partial charge in [0.25, 0.3) is 0 Å². The summed E-state index contributed by atoms with van der Waals surface area (Å²) in [4.78, 5) is 10.6. The largest absolute Gasteiger partial charge is 0.480 e. The average molecular weight is 201 g/mol. The number of carboxylic acids is 1. The van der Waals surface area contributed by atoms with E-state index in [0.29, 0.717) is 26.2 Å². The summed E-state index contributed by atoms with van der Waals surface area (Å²) >= 11 is 0. The van der Waals surface area contributed by atoms with Crippen molar-refractivity contribution in [2.45, 2.75) is 26.3 Å². The summed E-state index contributed by atoms with van der Waals surface area (Å²) in [5.74, 6) is -0.813. The number of aliphatic carboxylic acids is 1. The van der Waals surface area contributed by atoms with Gasteiger partial charge in [-0.15, -0.1) is 0 Å². The number of carboxylic acid groups (broad SMARTS) is 1. The van der Waals surface area contributed by atoms with Crippen LogP contribution < -0.4 is 5.32 Å². The van der Waals surface area contributed by atoms with E-state index in [0.717, 1.165) is 5.57 Å². The van der Waals surface area contributed by atoms with Crippen LogP contribution in [-0.2, 0) is 9.53 Å². The summed E-state index contributed by atoms with van der Waals surface area (Å²) in [7, 11) is 0. The minimum atomic E-state index is -0.813. The Bertz CT molecular complexity index is 192. The highest BCUT2D eigenvalue weighted by Gasteiger charge is 2.12. The second kappa shape index (κ2) is 7.53. The van der Waals surface area contributed by atoms with Gasteiger partial charge in [-0.05, 0) is 13.3 Å². The van der Waals surface area contributed by atoms with E-state index in [1.54, 1.807) is 0 Å². The minimum absolute atomic E-state index is 0.469. The maximum atomic E-state index is 10.6. The third-order valence-corrected chi connectivity index (χ3v) is 1.69. The van der Waals surface area contributed by atoms with Gasteiger partial charge in [0.2, 0.25) is 0 Å². The molecule has 4 heteroatoms. The molecule has 1 unspecified atom stereocenters. The van der Waals surface area contributed by atoms with Gasteiger partial charge in [0.15, 0.2) is 0 Å². The molecule has 0 bridgehead atoms. The van der Waals surface area contributed by atoms with Crippen LogP contribution >= 0.6 is 0 Å². The van der Waals surface area contributed by atoms with E-state index >= 15 is 0 Å². The lowest BCUT2D eigenvalue weighted by atomic mass is 10.2. The lowest BCUT2D eigenvalue weighted by Crippen LogP contribution is -2.37. The molecule has 0 amide bonds. The molecule has 0 aromatic rings. The van der Waals surface area contributed by atoms with E-state index in [1.807, 2.05) is 13.8 Å². The van der Waals surface area contributed by atoms with Crippen LogP contribution in [0.1, 0.15) is 20.3 Å². The van der Waals surface area contributed by atoms with E-state index < -0.39 is 12.0 Å². The fraction of sp³-hybridized carbons (Fsp3) is 0.700. The summed E-state index contributed by atoms with van der Waals surface area (Å²) < 4.78 is 5.21. The van der Waals surface area contributed by atoms with E-state index in [9.17, 15) is 4.79 Å². The van der Waals surface area contributed by atoms with Gasteiger partial charge in [0.05, 0.1) is 13.2 Å². The van der Waals surface area contributed by atoms with Crippen molar-refractivity contribution in [2.24, 2.45) is 0 Å². The van der Waals surface area contributed by atoms with Gasteiger partial charge in [-0.2, -0.15) is 0 Å². The van der Waals surface area contributed by atoms with Crippen molar-refractivity contribution in [3.05, 3.63) is 12.2 Å². The number of hydrogen-bond acceptors (Lipinski definition) is 3. The van der Waals surface area contributed by atoms with Crippen LogP contribution in [0.3, 0.4) is 0 Å². The van der Waals surface area contributed by atoms with Gasteiger partial charge < -0.3 is 15.2 Å². The van der Waals surface area contributed by atoms with Gasteiger partial charge in [-0.1, -0.05) is 19.1 Å². The van der Waals surface area contributed by atoms with Crippen LogP contribution in [0.2, 0.25) is 0 Å². The van der Waals surface area contributed by atoms with Crippen molar-refractivity contribution < 1.29 is 14.6 Å². The molecule has 0 saturated carbocycles. The molecular formula is C10H19NO3. The minimum Gasteiger partial charge on any atom is -0.480 e. The van der Waals surface area contributed by atoms with Crippen molar-refractivity contribution in [1.29, 1.82) is 0 Å². The molecule has 0 spiro atoms. The number of rotatable bonds is 8. The lowest BCUT2D eigenvalue weighted by Gasteiger charge is -2.11. The summed E-state index contributed by atoms with van der Waals surface area (Å²) in [5.41, 5.74) is 0.968. The second-order valence-electron chi connectivity index (χ2n) is 3.26. The van der Waals surface area contributed by atoms with E-state index in [2.05, 4.69) is 11.9 Å². The predicted octanol–water partition coefficient (Wildman–Crippen LogP) is 1.03. The molecule has 1 atom stereocenters. The van der Waals surface area contributed by atoms with Gasteiger partial charge in [-0.3, -0.25) is 4.79 Å². The zero-order valence-corrected chi connectivity index (χ0v) is 8.88. The molecule has 0 heterocycles. The van der Waals surface area contributed by atoms with Crippen molar-refractivity contribution >= 4 is 5.97 Å². The lowest BCUT2D eigenvalue weighted by molar-refractivity contribution is -0.139. The van der Waals surface area contributed by atoms with Crippen molar-refractivity contribution in [2.75, 3.05) is 19.8 Å². The number of nitrogens with one attached hydrogen (secondary N) is 1. The Balaban J connectivity index is 3.42. The molecule has 0 aliphatic heterocycles. The Morgan fingerprint density at radius 3 is 2.71 bits per heavy atom. The Hall–Kier alpha value is -0.870. The predicted molar refractivity (Wildman–Crippen MR) is 55.4 cm³/mol. The first-order chi connectivity index (χ1) is 6.57. The smallest absolute Gasteiger partial charge is 0.320 e. The van der Waals surface area contributed by atoms with Crippen LogP contribution in [0.5, 0.6) is 0 Å². The average Bonchev–Trinajstić information content (AvgIpc) is 2.10. The van der Waals surface area contributed by atoms with Crippen molar-refractivity contribution in [3.63, 3.8) is 0 Å². The summed E-state index contributed by atoms with van der Waals surface area (Å²) in [5, 5.41) is 11.6. The molecule has 0 radical (unpaired) electrons. The van der Waals surface area contributed by atoms with E-state index in [1.165, 1.54) is 0 Å². The SMILES string of the molecule is C=C(C)COCCNC(CC)C(=O)O. The van der Waals surface area contributed by atoms with Crippen molar-refractivity contribution in [1.82, 2.24) is 5.32 Å². The standard InChI is InChI=1S/C10H19NO3/c1-4-9(10(12)13)11-5-6-14-7-8(2)3/h9,11H,2,4-7H2,1,3H3,(H,12,13). The highest BCUT2D eigenvalue weighted by atomic mass is 16.5. The Labute approximate surface area is 85.0 Å². The van der Waals surface area contributed by atoms with Crippen LogP contribution in [-0.4, -0.2) is 36.9 Å². The molecule has 0 saturated heterocycles. The summed E-state index contributed by atoms with van der Waals surface area (Å²) in [6.07, 6.45) is 0.579. The molecule has 2 N–H and O–H groups in total. The monoisotopic (exact) mass is 201 g/mol. The molecule has 0 aliphatic carbocycles. The van der Waals surface area contributed by atoms with Gasteiger partial charge in [0, 0.05) is 6.54 Å². The topological polar surface area (TPSA) is 58.6 Å². The summed E-state index contributed by atoms with van der Waals surface area (Å²) in [6, 6.07) is -0.469. The first-order valence-corrected chi connectivity index (χ1v) is 4.76. The third kappa shape index (κ3) is 6.62. The van der Waals surface area contributed by atoms with Crippen LogP contribution in [0.4, 0.5) is 0 Å². The third-order valence-electron chi connectivity index (χ3n) is 1.69. The first-order valence-electron chi connectivity index (χ1n) is 4.76. The molecule has 0 aromatic heterocycles. The summed E-state index contributed by atoms with van der Waals surface area (Å²) in [6.45, 7) is 9.01. The van der Waals surface area contributed by atoms with Crippen LogP contribution in [0.25, 0.3) is 0 Å². The highest BCUT2D eigenvalue weighted by molar-refractivity contribution is 5.73. The van der Waals surface area contributed by atoms with Gasteiger partial charge in [-0.25, -0.2) is 0 Å². The second-order valence-corrected chi connectivity index (χ2v) is 3.26. The molecule has 82 valence electrons. The molecule has 0 aliphatic rings. The molecule has 0 fully saturated rings. The number of hydrogen-bond donors (Lipinski definition) is 2. The van der Waals surface area contributed by atoms with Crippen LogP contribution in [0.15, 0.2) is 12.2 Å². The Kier molecular flexibility index (Phi) is 7.06. The maximum Gasteiger partial charge on any atom is 0.320 e. The van der Waals surface area contributed by atoms with Gasteiger partial charge >= 0.3 is 5.97 Å². The highest BCUT2D eigenvalue weighted by Crippen LogP contribution is 1.91. The molecule has 14 heavy (non-hydrogen) atoms. The van der Waals surface area contributed by atoms with Gasteiger partial charge in [0.1, 0.15) is 6.04 Å². The zero-order valence-electron chi connectivity index (χ0n) is 8.88. The quantitative estimate of drug-likeness (QED) is 0.455. The normalized spacial score (nSPS) is 12.4. The first kappa shape index (κ1) is 13.1. The fourth-order valence-corrected chi connectivity index (χ4v) is 0.958. The molecule has 0 aromatic carbocycles. The zero-order chi connectivity index (χ0) is 11.0. The van der Waals surface area contributed by atoms with E-state index in [4.69, 9.17) is 9.84 Å².